The number of imidazole rings is 1. The van der Waals surface area contributed by atoms with E-state index in [9.17, 15) is 13.2 Å². The molecule has 0 bridgehead atoms. The largest absolute Gasteiger partial charge is 0.417 e. The second-order valence-corrected chi connectivity index (χ2v) is 9.36. The van der Waals surface area contributed by atoms with Crippen LogP contribution in [0.15, 0.2) is 24.7 Å². The number of piperidine rings is 1. The molecule has 5 heterocycles. The van der Waals surface area contributed by atoms with Crippen LogP contribution >= 0.6 is 11.3 Å². The molecular formula is C21H24F3N7S. The molecular weight excluding hydrogens is 439 g/mol. The van der Waals surface area contributed by atoms with Crippen LogP contribution in [0.3, 0.4) is 0 Å². The quantitative estimate of drug-likeness (QED) is 0.529. The predicted molar refractivity (Wildman–Crippen MR) is 119 cm³/mol. The summed E-state index contributed by atoms with van der Waals surface area (Å²) in [6.45, 7) is 3.81. The summed E-state index contributed by atoms with van der Waals surface area (Å²) in [6.07, 6.45) is 3.87. The van der Waals surface area contributed by atoms with E-state index >= 15 is 0 Å². The lowest BCUT2D eigenvalue weighted by molar-refractivity contribution is -0.138. The maximum atomic E-state index is 13.8. The number of thiophene rings is 1. The minimum absolute atomic E-state index is 0.274. The van der Waals surface area contributed by atoms with Crippen molar-refractivity contribution in [1.82, 2.24) is 24.6 Å². The average molecular weight is 464 g/mol. The van der Waals surface area contributed by atoms with Crippen LogP contribution < -0.4 is 16.4 Å². The number of halogens is 3. The number of aryl methyl sites for hydroxylation is 1. The van der Waals surface area contributed by atoms with Crippen molar-refractivity contribution in [2.24, 2.45) is 5.73 Å². The first-order valence-electron chi connectivity index (χ1n) is 10.6. The molecule has 170 valence electrons. The number of rotatable bonds is 5. The predicted octanol–water partition coefficient (Wildman–Crippen LogP) is 4.08. The zero-order valence-electron chi connectivity index (χ0n) is 17.5. The molecule has 7 nitrogen and oxygen atoms in total. The number of nitrogens with two attached hydrogens (primary N) is 1. The number of nitrogens with zero attached hydrogens (tertiary/aromatic N) is 4. The molecule has 5 rings (SSSR count). The van der Waals surface area contributed by atoms with Gasteiger partial charge in [-0.05, 0) is 38.9 Å². The first kappa shape index (κ1) is 21.2. The summed E-state index contributed by atoms with van der Waals surface area (Å²) in [5, 5.41) is 6.47. The lowest BCUT2D eigenvalue weighted by Gasteiger charge is -2.26. The third kappa shape index (κ3) is 3.96. The summed E-state index contributed by atoms with van der Waals surface area (Å²) in [5.41, 5.74) is 8.38. The van der Waals surface area contributed by atoms with Crippen LogP contribution in [0.1, 0.15) is 41.1 Å². The lowest BCUT2D eigenvalue weighted by Crippen LogP contribution is -2.43. The van der Waals surface area contributed by atoms with E-state index in [1.807, 2.05) is 23.7 Å². The van der Waals surface area contributed by atoms with E-state index in [0.29, 0.717) is 33.6 Å². The zero-order valence-corrected chi connectivity index (χ0v) is 18.4. The van der Waals surface area contributed by atoms with Gasteiger partial charge in [-0.25, -0.2) is 9.97 Å². The van der Waals surface area contributed by atoms with Crippen molar-refractivity contribution in [1.29, 1.82) is 0 Å². The molecule has 1 fully saturated rings. The van der Waals surface area contributed by atoms with Gasteiger partial charge in [0.15, 0.2) is 11.5 Å². The number of anilines is 2. The van der Waals surface area contributed by atoms with Gasteiger partial charge in [0.2, 0.25) is 0 Å². The molecule has 11 heteroatoms. The van der Waals surface area contributed by atoms with Crippen molar-refractivity contribution in [3.05, 3.63) is 46.5 Å². The molecule has 0 saturated carbocycles. The van der Waals surface area contributed by atoms with Gasteiger partial charge in [0.25, 0.3) is 0 Å². The highest BCUT2D eigenvalue weighted by Gasteiger charge is 2.36. The Balaban J connectivity index is 1.48. The summed E-state index contributed by atoms with van der Waals surface area (Å²) in [7, 11) is 0. The molecule has 2 aliphatic rings. The van der Waals surface area contributed by atoms with Gasteiger partial charge in [-0.2, -0.15) is 13.2 Å². The van der Waals surface area contributed by atoms with Crippen molar-refractivity contribution < 1.29 is 13.2 Å². The van der Waals surface area contributed by atoms with Crippen LogP contribution in [-0.4, -0.2) is 38.5 Å². The number of aromatic nitrogens is 3. The van der Waals surface area contributed by atoms with Crippen molar-refractivity contribution in [2.75, 3.05) is 18.4 Å². The van der Waals surface area contributed by atoms with E-state index in [-0.39, 0.29) is 6.17 Å². The van der Waals surface area contributed by atoms with Crippen molar-refractivity contribution in [3.63, 3.8) is 0 Å². The maximum Gasteiger partial charge on any atom is 0.417 e. The van der Waals surface area contributed by atoms with E-state index < -0.39 is 11.7 Å². The van der Waals surface area contributed by atoms with Crippen LogP contribution in [-0.2, 0) is 12.7 Å². The molecule has 3 aromatic heterocycles. The number of hydrogen-bond donors (Lipinski definition) is 3. The highest BCUT2D eigenvalue weighted by Crippen LogP contribution is 2.41. The summed E-state index contributed by atoms with van der Waals surface area (Å²) >= 11 is 1.13. The molecule has 1 atom stereocenters. The van der Waals surface area contributed by atoms with Crippen LogP contribution in [0.25, 0.3) is 11.2 Å². The third-order valence-electron chi connectivity index (χ3n) is 5.83. The maximum absolute atomic E-state index is 13.8. The normalized spacial score (nSPS) is 19.5. The third-order valence-corrected chi connectivity index (χ3v) is 6.87. The van der Waals surface area contributed by atoms with E-state index in [1.54, 1.807) is 6.20 Å². The Bertz CT molecular complexity index is 1170. The van der Waals surface area contributed by atoms with Gasteiger partial charge in [0.05, 0.1) is 28.1 Å². The zero-order chi connectivity index (χ0) is 22.5. The van der Waals surface area contributed by atoms with Crippen molar-refractivity contribution >= 4 is 33.4 Å². The Morgan fingerprint density at radius 3 is 2.72 bits per heavy atom. The number of alkyl halides is 3. The number of nitrogens with one attached hydrogen (secondary N) is 2. The average Bonchev–Trinajstić information content (AvgIpc) is 3.32. The van der Waals surface area contributed by atoms with Gasteiger partial charge < -0.3 is 16.4 Å². The molecule has 4 N–H and O–H groups in total. The Kier molecular flexibility index (Phi) is 5.34. The molecule has 1 saturated heterocycles. The first-order chi connectivity index (χ1) is 15.3. The Morgan fingerprint density at radius 1 is 1.28 bits per heavy atom. The second-order valence-electron chi connectivity index (χ2n) is 8.22. The molecule has 0 amide bonds. The van der Waals surface area contributed by atoms with Gasteiger partial charge in [0, 0.05) is 29.4 Å². The molecule has 0 radical (unpaired) electrons. The Labute approximate surface area is 187 Å². The highest BCUT2D eigenvalue weighted by atomic mass is 32.1. The molecule has 32 heavy (non-hydrogen) atoms. The second kappa shape index (κ2) is 8.05. The minimum atomic E-state index is -4.41. The van der Waals surface area contributed by atoms with Gasteiger partial charge in [-0.3, -0.25) is 9.30 Å². The van der Waals surface area contributed by atoms with Crippen molar-refractivity contribution in [2.45, 2.75) is 45.1 Å². The van der Waals surface area contributed by atoms with E-state index in [1.165, 1.54) is 6.07 Å². The molecule has 2 aliphatic heterocycles. The fourth-order valence-electron chi connectivity index (χ4n) is 4.19. The number of hydrogen-bond acceptors (Lipinski definition) is 7. The van der Waals surface area contributed by atoms with Crippen LogP contribution in [0.2, 0.25) is 0 Å². The lowest BCUT2D eigenvalue weighted by atomic mass is 10.1. The van der Waals surface area contributed by atoms with E-state index in [0.717, 1.165) is 55.0 Å². The summed E-state index contributed by atoms with van der Waals surface area (Å²) < 4.78 is 43.1. The fraction of sp³-hybridized carbons (Fsp3) is 0.429. The highest BCUT2D eigenvalue weighted by molar-refractivity contribution is 7.16. The van der Waals surface area contributed by atoms with E-state index in [4.69, 9.17) is 5.73 Å². The van der Waals surface area contributed by atoms with E-state index in [2.05, 4.69) is 25.5 Å². The smallest absolute Gasteiger partial charge is 0.372 e. The topological polar surface area (TPSA) is 83.5 Å². The summed E-state index contributed by atoms with van der Waals surface area (Å²) in [6, 6.07) is 1.18. The number of fused-ring (bicyclic) bond motifs is 1. The molecule has 0 unspecified atom stereocenters. The van der Waals surface area contributed by atoms with Gasteiger partial charge >= 0.3 is 6.18 Å². The van der Waals surface area contributed by atoms with Crippen molar-refractivity contribution in [3.8, 4) is 0 Å². The Morgan fingerprint density at radius 2 is 2.06 bits per heavy atom. The summed E-state index contributed by atoms with van der Waals surface area (Å²) in [4.78, 5) is 11.4. The molecule has 0 aliphatic carbocycles. The van der Waals surface area contributed by atoms with Crippen LogP contribution in [0.5, 0.6) is 0 Å². The van der Waals surface area contributed by atoms with Gasteiger partial charge in [0.1, 0.15) is 6.17 Å². The summed E-state index contributed by atoms with van der Waals surface area (Å²) in [5.74, 6) is 0.414. The first-order valence-corrected chi connectivity index (χ1v) is 11.4. The monoisotopic (exact) mass is 463 g/mol. The van der Waals surface area contributed by atoms with Crippen LogP contribution in [0, 0.1) is 6.92 Å². The number of likely N-dealkylation sites (tertiary alicyclic amines) is 1. The molecule has 0 aromatic carbocycles. The fourth-order valence-corrected chi connectivity index (χ4v) is 5.31. The minimum Gasteiger partial charge on any atom is -0.372 e. The van der Waals surface area contributed by atoms with Gasteiger partial charge in [-0.15, -0.1) is 11.3 Å². The van der Waals surface area contributed by atoms with Gasteiger partial charge in [-0.1, -0.05) is 6.42 Å². The standard InChI is InChI=1S/C21H24F3N7S/c1-12-10-31-15(13-8-26-18(13)25)9-27-20(31)19(28-12)29-17-7-14(21(22,23)24)16(32-17)11-30-5-3-2-4-6-30/h7-10,18,26H,2-6,11,25H2,1H3,(H,28,29)/t18-/m1/s1. The molecule has 0 spiro atoms. The van der Waals surface area contributed by atoms with Crippen LogP contribution in [0.4, 0.5) is 24.0 Å². The Hall–Kier alpha value is -2.63. The SMILES string of the molecule is Cc1cn2c(C3=CN[C@H]3N)cnc2c(Nc2cc(C(F)(F)F)c(CN3CCCCC3)s2)n1. The molecule has 3 aromatic rings.